The molecule has 0 fully saturated rings. The van der Waals surface area contributed by atoms with Gasteiger partial charge in [-0.15, -0.1) is 0 Å². The minimum absolute atomic E-state index is 0.155. The van der Waals surface area contributed by atoms with E-state index >= 15 is 0 Å². The molecule has 0 radical (unpaired) electrons. The van der Waals surface area contributed by atoms with Gasteiger partial charge in [-0.3, -0.25) is 9.59 Å². The van der Waals surface area contributed by atoms with Crippen LogP contribution in [0.1, 0.15) is 0 Å². The van der Waals surface area contributed by atoms with Gasteiger partial charge in [-0.1, -0.05) is 0 Å². The van der Waals surface area contributed by atoms with E-state index in [4.69, 9.17) is 0 Å². The number of hydrogen-bond donors (Lipinski definition) is 0. The quantitative estimate of drug-likeness (QED) is 0.575. The van der Waals surface area contributed by atoms with Crippen LogP contribution < -0.4 is 11.0 Å². The van der Waals surface area contributed by atoms with Crippen molar-refractivity contribution in [1.29, 1.82) is 0 Å². The standard InChI is InChI=1S/C6HBrN2O2/c7-3-1-2-4(9-3)5(10)6(11)8-2/h1H. The molecule has 54 valence electrons. The van der Waals surface area contributed by atoms with Crippen molar-refractivity contribution in [3.05, 3.63) is 31.2 Å². The molecule has 0 atom stereocenters. The fourth-order valence-electron chi connectivity index (χ4n) is 0.891. The second-order valence-electron chi connectivity index (χ2n) is 2.06. The van der Waals surface area contributed by atoms with Gasteiger partial charge in [0.05, 0.1) is 5.69 Å². The third-order valence-electron chi connectivity index (χ3n) is 1.35. The number of rotatable bonds is 0. The van der Waals surface area contributed by atoms with Gasteiger partial charge in [-0.2, -0.15) is 0 Å². The summed E-state index contributed by atoms with van der Waals surface area (Å²) >= 11 is 3.07. The van der Waals surface area contributed by atoms with Crippen LogP contribution in [0.2, 0.25) is 0 Å². The maximum absolute atomic E-state index is 10.9. The fraction of sp³-hybridized carbons (Fsp3) is 0. The highest BCUT2D eigenvalue weighted by molar-refractivity contribution is 9.10. The van der Waals surface area contributed by atoms with Crippen molar-refractivity contribution in [3.8, 4) is 11.4 Å². The minimum atomic E-state index is -0.727. The van der Waals surface area contributed by atoms with Crippen molar-refractivity contribution in [2.45, 2.75) is 0 Å². The van der Waals surface area contributed by atoms with E-state index in [1.165, 1.54) is 6.07 Å². The summed E-state index contributed by atoms with van der Waals surface area (Å²) in [4.78, 5) is 28.8. The van der Waals surface area contributed by atoms with E-state index in [0.717, 1.165) is 0 Å². The fourth-order valence-corrected chi connectivity index (χ4v) is 1.29. The topological polar surface area (TPSA) is 59.9 Å². The van der Waals surface area contributed by atoms with Gasteiger partial charge in [-0.25, -0.2) is 9.97 Å². The van der Waals surface area contributed by atoms with E-state index in [0.29, 0.717) is 10.3 Å². The SMILES string of the molecule is O=c1nc2cc(Br)nc-2c1=O. The molecule has 0 aromatic carbocycles. The first-order valence-electron chi connectivity index (χ1n) is 2.82. The monoisotopic (exact) mass is 212 g/mol. The number of nitrogens with zero attached hydrogens (tertiary/aromatic N) is 2. The Balaban J connectivity index is 2.98. The van der Waals surface area contributed by atoms with E-state index in [-0.39, 0.29) is 5.69 Å². The molecule has 2 rings (SSSR count). The number of halogens is 1. The Bertz CT molecular complexity index is 458. The molecule has 0 bridgehead atoms. The zero-order valence-corrected chi connectivity index (χ0v) is 6.75. The van der Waals surface area contributed by atoms with Crippen molar-refractivity contribution < 1.29 is 0 Å². The van der Waals surface area contributed by atoms with Crippen molar-refractivity contribution in [2.24, 2.45) is 0 Å². The number of aromatic nitrogens is 2. The molecule has 5 heteroatoms. The van der Waals surface area contributed by atoms with Gasteiger partial charge in [0, 0.05) is 0 Å². The largest absolute Gasteiger partial charge is 0.320 e. The first-order chi connectivity index (χ1) is 5.18. The van der Waals surface area contributed by atoms with Crippen molar-refractivity contribution in [1.82, 2.24) is 9.97 Å². The molecule has 2 heterocycles. The zero-order valence-electron chi connectivity index (χ0n) is 5.17. The second-order valence-corrected chi connectivity index (χ2v) is 2.87. The first kappa shape index (κ1) is 6.60. The molecule has 0 aromatic rings. The Hall–Kier alpha value is -1.10. The smallest absolute Gasteiger partial charge is 0.281 e. The Kier molecular flexibility index (Phi) is 1.17. The summed E-state index contributed by atoms with van der Waals surface area (Å²) < 4.78 is 0.534. The van der Waals surface area contributed by atoms with Crippen molar-refractivity contribution >= 4 is 15.9 Å². The van der Waals surface area contributed by atoms with Crippen LogP contribution >= 0.6 is 15.9 Å². The average molecular weight is 213 g/mol. The summed E-state index contributed by atoms with van der Waals surface area (Å²) in [6.07, 6.45) is 0. The summed E-state index contributed by atoms with van der Waals surface area (Å²) in [5, 5.41) is 0. The van der Waals surface area contributed by atoms with Gasteiger partial charge in [0.15, 0.2) is 0 Å². The van der Waals surface area contributed by atoms with Crippen molar-refractivity contribution in [2.75, 3.05) is 0 Å². The molecule has 0 amide bonds. The van der Waals surface area contributed by atoms with E-state index in [1.807, 2.05) is 0 Å². The maximum Gasteiger partial charge on any atom is 0.320 e. The Morgan fingerprint density at radius 3 is 2.64 bits per heavy atom. The van der Waals surface area contributed by atoms with Crippen LogP contribution in [-0.4, -0.2) is 9.97 Å². The van der Waals surface area contributed by atoms with Crippen LogP contribution in [0.4, 0.5) is 0 Å². The van der Waals surface area contributed by atoms with Crippen LogP contribution in [0.3, 0.4) is 0 Å². The van der Waals surface area contributed by atoms with Gasteiger partial charge in [0.1, 0.15) is 10.3 Å². The maximum atomic E-state index is 10.9. The lowest BCUT2D eigenvalue weighted by atomic mass is 10.4. The predicted octanol–water partition coefficient (Wildman–Crippen LogP) is -0.0601. The number of hydrogen-bond acceptors (Lipinski definition) is 4. The highest BCUT2D eigenvalue weighted by atomic mass is 79.9. The molecule has 0 aromatic heterocycles. The van der Waals surface area contributed by atoms with Crippen LogP contribution in [0, 0.1) is 0 Å². The lowest BCUT2D eigenvalue weighted by molar-refractivity contribution is 1.30. The molecular formula is C6HBrN2O2. The molecule has 2 aliphatic rings. The molecule has 11 heavy (non-hydrogen) atoms. The zero-order chi connectivity index (χ0) is 8.01. The molecule has 0 aliphatic carbocycles. The van der Waals surface area contributed by atoms with Gasteiger partial charge in [0.2, 0.25) is 0 Å². The first-order valence-corrected chi connectivity index (χ1v) is 3.61. The van der Waals surface area contributed by atoms with Gasteiger partial charge in [-0.05, 0) is 22.0 Å². The summed E-state index contributed by atoms with van der Waals surface area (Å²) in [6, 6.07) is 1.54. The summed E-state index contributed by atoms with van der Waals surface area (Å²) in [5.41, 5.74) is -0.825. The van der Waals surface area contributed by atoms with Crippen LogP contribution in [-0.2, 0) is 0 Å². The normalized spacial score (nSPS) is 11.0. The highest BCUT2D eigenvalue weighted by Gasteiger charge is 2.17. The predicted molar refractivity (Wildman–Crippen MR) is 41.3 cm³/mol. The molecule has 0 N–H and O–H groups in total. The third kappa shape index (κ3) is 0.808. The summed E-state index contributed by atoms with van der Waals surface area (Å²) in [6.45, 7) is 0. The van der Waals surface area contributed by atoms with E-state index in [2.05, 4.69) is 25.9 Å². The van der Waals surface area contributed by atoms with Crippen LogP contribution in [0.15, 0.2) is 20.3 Å². The lowest BCUT2D eigenvalue weighted by Gasteiger charge is -1.72. The van der Waals surface area contributed by atoms with E-state index in [1.54, 1.807) is 0 Å². The Morgan fingerprint density at radius 2 is 2.00 bits per heavy atom. The number of fused-ring (bicyclic) bond motifs is 1. The molecule has 0 saturated carbocycles. The average Bonchev–Trinajstić information content (AvgIpc) is 2.37. The van der Waals surface area contributed by atoms with Gasteiger partial charge >= 0.3 is 5.56 Å². The molecule has 4 nitrogen and oxygen atoms in total. The molecular weight excluding hydrogens is 212 g/mol. The van der Waals surface area contributed by atoms with Crippen molar-refractivity contribution in [3.63, 3.8) is 0 Å². The molecule has 2 aliphatic heterocycles. The second kappa shape index (κ2) is 1.94. The van der Waals surface area contributed by atoms with Gasteiger partial charge in [0.25, 0.3) is 5.43 Å². The summed E-state index contributed by atoms with van der Waals surface area (Å²) in [7, 11) is 0. The van der Waals surface area contributed by atoms with E-state index < -0.39 is 11.0 Å². The highest BCUT2D eigenvalue weighted by Crippen LogP contribution is 2.18. The van der Waals surface area contributed by atoms with Gasteiger partial charge < -0.3 is 0 Å². The van der Waals surface area contributed by atoms with Crippen LogP contribution in [0.5, 0.6) is 0 Å². The molecule has 0 spiro atoms. The molecule has 0 saturated heterocycles. The lowest BCUT2D eigenvalue weighted by Crippen LogP contribution is -2.19. The molecule has 0 unspecified atom stereocenters. The van der Waals surface area contributed by atoms with E-state index in [9.17, 15) is 9.59 Å². The Morgan fingerprint density at radius 1 is 1.27 bits per heavy atom. The third-order valence-corrected chi connectivity index (χ3v) is 1.75. The van der Waals surface area contributed by atoms with Crippen LogP contribution in [0.25, 0.3) is 11.4 Å². The Labute approximate surface area is 69.1 Å². The minimum Gasteiger partial charge on any atom is -0.281 e. The summed E-state index contributed by atoms with van der Waals surface area (Å²) in [5.74, 6) is 0.